The molecule has 2 aromatic rings. The minimum Gasteiger partial charge on any atom is -0.478 e. The largest absolute Gasteiger partial charge is 0.478 e. The van der Waals surface area contributed by atoms with Crippen molar-refractivity contribution in [1.29, 1.82) is 0 Å². The van der Waals surface area contributed by atoms with Crippen LogP contribution < -0.4 is 10.1 Å². The molecular weight excluding hydrogens is 230 g/mol. The van der Waals surface area contributed by atoms with E-state index in [1.807, 2.05) is 32.0 Å². The fourth-order valence-corrected chi connectivity index (χ4v) is 1.50. The zero-order valence-corrected chi connectivity index (χ0v) is 10.6. The smallest absolute Gasteiger partial charge is 0.215 e. The lowest BCUT2D eigenvalue weighted by atomic mass is 10.4. The second kappa shape index (κ2) is 6.05. The van der Waals surface area contributed by atoms with Crippen LogP contribution >= 0.6 is 0 Å². The fraction of sp³-hybridized carbons (Fsp3) is 0.385. The minimum atomic E-state index is 0.516. The van der Waals surface area contributed by atoms with E-state index in [2.05, 4.69) is 15.3 Å². The zero-order chi connectivity index (χ0) is 12.8. The van der Waals surface area contributed by atoms with Crippen molar-refractivity contribution in [2.75, 3.05) is 11.9 Å². The first kappa shape index (κ1) is 12.4. The molecule has 0 bridgehead atoms. The molecule has 0 aromatic carbocycles. The molecule has 0 radical (unpaired) electrons. The van der Waals surface area contributed by atoms with Gasteiger partial charge in [0.05, 0.1) is 19.3 Å². The predicted octanol–water partition coefficient (Wildman–Crippen LogP) is 2.64. The third-order valence-electron chi connectivity index (χ3n) is 2.39. The summed E-state index contributed by atoms with van der Waals surface area (Å²) in [5.74, 6) is 2.92. The van der Waals surface area contributed by atoms with E-state index in [0.29, 0.717) is 24.9 Å². The zero-order valence-electron chi connectivity index (χ0n) is 10.6. The van der Waals surface area contributed by atoms with Crippen LogP contribution in [-0.4, -0.2) is 16.6 Å². The van der Waals surface area contributed by atoms with Crippen LogP contribution in [0, 0.1) is 0 Å². The van der Waals surface area contributed by atoms with E-state index in [9.17, 15) is 0 Å². The van der Waals surface area contributed by atoms with Crippen molar-refractivity contribution >= 4 is 5.82 Å². The molecular formula is C13H17N3O2. The number of pyridine rings is 1. The van der Waals surface area contributed by atoms with E-state index in [4.69, 9.17) is 9.15 Å². The number of aromatic nitrogens is 2. The van der Waals surface area contributed by atoms with Crippen LogP contribution in [0.4, 0.5) is 5.82 Å². The van der Waals surface area contributed by atoms with E-state index >= 15 is 0 Å². The van der Waals surface area contributed by atoms with E-state index in [1.54, 1.807) is 6.20 Å². The number of rotatable bonds is 6. The van der Waals surface area contributed by atoms with Gasteiger partial charge in [0, 0.05) is 12.5 Å². The van der Waals surface area contributed by atoms with Crippen molar-refractivity contribution in [3.8, 4) is 5.88 Å². The van der Waals surface area contributed by atoms with Gasteiger partial charge in [-0.15, -0.1) is 0 Å². The van der Waals surface area contributed by atoms with Crippen LogP contribution in [0.5, 0.6) is 5.88 Å². The summed E-state index contributed by atoms with van der Waals surface area (Å²) in [6.07, 6.45) is 2.60. The number of ether oxygens (including phenoxy) is 1. The summed E-state index contributed by atoms with van der Waals surface area (Å²) in [7, 11) is 0. The number of hydrogen-bond donors (Lipinski definition) is 1. The molecule has 18 heavy (non-hydrogen) atoms. The van der Waals surface area contributed by atoms with Crippen molar-refractivity contribution in [3.05, 3.63) is 36.0 Å². The van der Waals surface area contributed by atoms with Crippen molar-refractivity contribution < 1.29 is 9.15 Å². The molecule has 0 unspecified atom stereocenters. The molecule has 0 aliphatic heterocycles. The average molecular weight is 247 g/mol. The summed E-state index contributed by atoms with van der Waals surface area (Å²) in [5.41, 5.74) is 0. The first-order chi connectivity index (χ1) is 8.81. The summed E-state index contributed by atoms with van der Waals surface area (Å²) >= 11 is 0. The summed E-state index contributed by atoms with van der Waals surface area (Å²) in [6.45, 7) is 5.09. The molecule has 5 nitrogen and oxygen atoms in total. The van der Waals surface area contributed by atoms with Crippen LogP contribution in [0.1, 0.15) is 25.5 Å². The molecule has 2 rings (SSSR count). The van der Waals surface area contributed by atoms with E-state index < -0.39 is 0 Å². The molecule has 0 saturated heterocycles. The third-order valence-corrected chi connectivity index (χ3v) is 2.39. The van der Waals surface area contributed by atoms with E-state index in [1.165, 1.54) is 0 Å². The minimum absolute atomic E-state index is 0.516. The van der Waals surface area contributed by atoms with Crippen molar-refractivity contribution in [3.63, 3.8) is 0 Å². The normalized spacial score (nSPS) is 10.3. The molecule has 0 fully saturated rings. The molecule has 0 aliphatic carbocycles. The number of nitrogens with one attached hydrogen (secondary N) is 1. The Morgan fingerprint density at radius 3 is 2.94 bits per heavy atom. The monoisotopic (exact) mass is 247 g/mol. The first-order valence-electron chi connectivity index (χ1n) is 6.09. The van der Waals surface area contributed by atoms with Gasteiger partial charge >= 0.3 is 0 Å². The lowest BCUT2D eigenvalue weighted by Gasteiger charge is -2.05. The van der Waals surface area contributed by atoms with Crippen LogP contribution in [-0.2, 0) is 13.0 Å². The topological polar surface area (TPSA) is 60.2 Å². The van der Waals surface area contributed by atoms with E-state index in [-0.39, 0.29) is 0 Å². The Kier molecular flexibility index (Phi) is 4.17. The Bertz CT molecular complexity index is 496. The molecule has 0 saturated carbocycles. The quantitative estimate of drug-likeness (QED) is 0.850. The molecule has 1 N–H and O–H groups in total. The highest BCUT2D eigenvalue weighted by molar-refractivity contribution is 5.37. The fourth-order valence-electron chi connectivity index (χ4n) is 1.50. The highest BCUT2D eigenvalue weighted by Crippen LogP contribution is 2.12. The molecule has 0 spiro atoms. The van der Waals surface area contributed by atoms with Crippen LogP contribution in [0.25, 0.3) is 0 Å². The van der Waals surface area contributed by atoms with Gasteiger partial charge in [-0.1, -0.05) is 13.0 Å². The van der Waals surface area contributed by atoms with Gasteiger partial charge in [-0.05, 0) is 13.0 Å². The highest BCUT2D eigenvalue weighted by atomic mass is 16.5. The summed E-state index contributed by atoms with van der Waals surface area (Å²) in [6, 6.07) is 5.61. The van der Waals surface area contributed by atoms with E-state index in [0.717, 1.165) is 18.0 Å². The van der Waals surface area contributed by atoms with Crippen LogP contribution in [0.15, 0.2) is 28.8 Å². The Balaban J connectivity index is 1.94. The second-order valence-corrected chi connectivity index (χ2v) is 3.72. The molecule has 0 amide bonds. The number of hydrogen-bond acceptors (Lipinski definition) is 5. The Labute approximate surface area is 106 Å². The number of oxazole rings is 1. The van der Waals surface area contributed by atoms with Gasteiger partial charge in [0.2, 0.25) is 11.8 Å². The number of nitrogens with zero attached hydrogens (tertiary/aromatic N) is 2. The Hall–Kier alpha value is -2.04. The molecule has 96 valence electrons. The van der Waals surface area contributed by atoms with Crippen molar-refractivity contribution in [2.45, 2.75) is 26.8 Å². The summed E-state index contributed by atoms with van der Waals surface area (Å²) in [4.78, 5) is 8.47. The maximum atomic E-state index is 5.50. The first-order valence-corrected chi connectivity index (χ1v) is 6.09. The van der Waals surface area contributed by atoms with Crippen molar-refractivity contribution in [1.82, 2.24) is 9.97 Å². The molecule has 5 heteroatoms. The van der Waals surface area contributed by atoms with Gasteiger partial charge in [0.15, 0.2) is 0 Å². The van der Waals surface area contributed by atoms with Gasteiger partial charge < -0.3 is 14.5 Å². The summed E-state index contributed by atoms with van der Waals surface area (Å²) in [5, 5.41) is 3.15. The summed E-state index contributed by atoms with van der Waals surface area (Å²) < 4.78 is 10.8. The van der Waals surface area contributed by atoms with Gasteiger partial charge in [0.1, 0.15) is 11.6 Å². The van der Waals surface area contributed by atoms with Gasteiger partial charge in [-0.2, -0.15) is 4.98 Å². The highest BCUT2D eigenvalue weighted by Gasteiger charge is 2.03. The molecule has 2 aromatic heterocycles. The Morgan fingerprint density at radius 2 is 2.22 bits per heavy atom. The van der Waals surface area contributed by atoms with Gasteiger partial charge in [-0.3, -0.25) is 0 Å². The second-order valence-electron chi connectivity index (χ2n) is 3.72. The molecule has 0 aliphatic rings. The maximum absolute atomic E-state index is 5.50. The van der Waals surface area contributed by atoms with Crippen molar-refractivity contribution in [2.24, 2.45) is 0 Å². The SMILES string of the molecule is CCOc1cccc(NCc2ncc(CC)o2)n1. The average Bonchev–Trinajstić information content (AvgIpc) is 2.85. The number of aryl methyl sites for hydroxylation is 1. The standard InChI is InChI=1S/C13H17N3O2/c1-3-10-8-15-13(18-10)9-14-11-6-5-7-12(16-11)17-4-2/h5-8H,3-4,9H2,1-2H3,(H,14,16). The van der Waals surface area contributed by atoms with Crippen LogP contribution in [0.2, 0.25) is 0 Å². The molecule has 0 atom stereocenters. The number of anilines is 1. The maximum Gasteiger partial charge on any atom is 0.215 e. The predicted molar refractivity (Wildman–Crippen MR) is 68.6 cm³/mol. The lowest BCUT2D eigenvalue weighted by molar-refractivity contribution is 0.327. The Morgan fingerprint density at radius 1 is 1.33 bits per heavy atom. The van der Waals surface area contributed by atoms with Gasteiger partial charge in [-0.25, -0.2) is 4.98 Å². The van der Waals surface area contributed by atoms with Crippen LogP contribution in [0.3, 0.4) is 0 Å². The molecule has 2 heterocycles. The van der Waals surface area contributed by atoms with Gasteiger partial charge in [0.25, 0.3) is 0 Å². The lowest BCUT2D eigenvalue weighted by Crippen LogP contribution is -2.03. The third kappa shape index (κ3) is 3.23.